The van der Waals surface area contributed by atoms with Crippen molar-refractivity contribution in [1.82, 2.24) is 9.80 Å². The molecule has 2 aliphatic rings. The Morgan fingerprint density at radius 2 is 1.62 bits per heavy atom. The number of rotatable bonds is 7. The van der Waals surface area contributed by atoms with Gasteiger partial charge < -0.3 is 14.8 Å². The predicted molar refractivity (Wildman–Crippen MR) is 118 cm³/mol. The molecule has 0 atom stereocenters. The number of benzene rings is 2. The molecule has 2 aromatic carbocycles. The van der Waals surface area contributed by atoms with E-state index in [1.54, 1.807) is 7.11 Å². The average molecular weight is 396 g/mol. The molecule has 2 aliphatic heterocycles. The summed E-state index contributed by atoms with van der Waals surface area (Å²) in [6.45, 7) is 8.12. The van der Waals surface area contributed by atoms with Crippen LogP contribution in [0.2, 0.25) is 0 Å². The summed E-state index contributed by atoms with van der Waals surface area (Å²) >= 11 is 0. The third-order valence-corrected chi connectivity index (χ3v) is 6.43. The average Bonchev–Trinajstić information content (AvgIpc) is 2.80. The van der Waals surface area contributed by atoms with Crippen molar-refractivity contribution in [1.29, 1.82) is 0 Å². The van der Waals surface area contributed by atoms with Crippen molar-refractivity contribution in [3.63, 3.8) is 0 Å². The summed E-state index contributed by atoms with van der Waals surface area (Å²) < 4.78 is 11.2. The Hall–Kier alpha value is -2.08. The molecule has 5 nitrogen and oxygen atoms in total. The molecular weight excluding hydrogens is 362 g/mol. The maximum atomic E-state index is 5.72. The standard InChI is InChI=1S/C24H33N3O2/c1-28-23-10-6-5-9-22(23)25-20-24(11-17-29-18-12-24)27-15-13-26(14-16-27)19-21-7-3-2-4-8-21/h2-10,25H,11-20H2,1H3. The largest absolute Gasteiger partial charge is 0.495 e. The number of piperazine rings is 1. The highest BCUT2D eigenvalue weighted by atomic mass is 16.5. The van der Waals surface area contributed by atoms with E-state index in [0.29, 0.717) is 0 Å². The van der Waals surface area contributed by atoms with Crippen LogP contribution in [0.4, 0.5) is 5.69 Å². The predicted octanol–water partition coefficient (Wildman–Crippen LogP) is 3.47. The molecule has 0 spiro atoms. The molecule has 1 N–H and O–H groups in total. The Kier molecular flexibility index (Phi) is 6.70. The molecule has 2 aromatic rings. The zero-order chi connectivity index (χ0) is 19.9. The first kappa shape index (κ1) is 20.2. The first-order valence-corrected chi connectivity index (χ1v) is 10.8. The van der Waals surface area contributed by atoms with Crippen molar-refractivity contribution >= 4 is 5.69 Å². The molecule has 29 heavy (non-hydrogen) atoms. The first-order chi connectivity index (χ1) is 14.3. The molecule has 0 saturated carbocycles. The summed E-state index contributed by atoms with van der Waals surface area (Å²) in [5.74, 6) is 0.905. The Labute approximate surface area is 174 Å². The lowest BCUT2D eigenvalue weighted by molar-refractivity contribution is -0.0414. The van der Waals surface area contributed by atoms with Gasteiger partial charge in [0.05, 0.1) is 12.8 Å². The van der Waals surface area contributed by atoms with Gasteiger partial charge in [-0.1, -0.05) is 42.5 Å². The zero-order valence-corrected chi connectivity index (χ0v) is 17.5. The van der Waals surface area contributed by atoms with E-state index in [0.717, 1.165) is 76.8 Å². The highest BCUT2D eigenvalue weighted by Gasteiger charge is 2.39. The SMILES string of the molecule is COc1ccccc1NCC1(N2CCN(Cc3ccccc3)CC2)CCOCC1. The van der Waals surface area contributed by atoms with E-state index in [1.807, 2.05) is 12.1 Å². The quantitative estimate of drug-likeness (QED) is 0.777. The van der Waals surface area contributed by atoms with Crippen LogP contribution in [0.15, 0.2) is 54.6 Å². The molecule has 0 unspecified atom stereocenters. The van der Waals surface area contributed by atoms with Crippen LogP contribution in [0.25, 0.3) is 0 Å². The number of methoxy groups -OCH3 is 1. The fourth-order valence-corrected chi connectivity index (χ4v) is 4.63. The molecule has 2 saturated heterocycles. The van der Waals surface area contributed by atoms with Gasteiger partial charge in [-0.05, 0) is 30.5 Å². The summed E-state index contributed by atoms with van der Waals surface area (Å²) in [6.07, 6.45) is 2.15. The van der Waals surface area contributed by atoms with Crippen LogP contribution < -0.4 is 10.1 Å². The van der Waals surface area contributed by atoms with E-state index in [4.69, 9.17) is 9.47 Å². The zero-order valence-electron chi connectivity index (χ0n) is 17.5. The maximum Gasteiger partial charge on any atom is 0.141 e. The van der Waals surface area contributed by atoms with E-state index >= 15 is 0 Å². The molecule has 2 fully saturated rings. The molecule has 0 amide bonds. The summed E-state index contributed by atoms with van der Waals surface area (Å²) in [5, 5.41) is 3.69. The number of hydrogen-bond acceptors (Lipinski definition) is 5. The summed E-state index contributed by atoms with van der Waals surface area (Å²) in [6, 6.07) is 19.0. The van der Waals surface area contributed by atoms with Gasteiger partial charge in [0.1, 0.15) is 5.75 Å². The van der Waals surface area contributed by atoms with Gasteiger partial charge in [-0.25, -0.2) is 0 Å². The minimum atomic E-state index is 0.151. The van der Waals surface area contributed by atoms with Crippen molar-refractivity contribution in [2.75, 3.05) is 58.4 Å². The lowest BCUT2D eigenvalue weighted by Crippen LogP contribution is -2.61. The fraction of sp³-hybridized carbons (Fsp3) is 0.500. The normalized spacial score (nSPS) is 20.3. The maximum absolute atomic E-state index is 5.72. The fourth-order valence-electron chi connectivity index (χ4n) is 4.63. The topological polar surface area (TPSA) is 37.0 Å². The highest BCUT2D eigenvalue weighted by Crippen LogP contribution is 2.31. The Morgan fingerprint density at radius 3 is 2.34 bits per heavy atom. The molecular formula is C24H33N3O2. The van der Waals surface area contributed by atoms with Crippen molar-refractivity contribution in [3.05, 3.63) is 60.2 Å². The van der Waals surface area contributed by atoms with E-state index in [9.17, 15) is 0 Å². The van der Waals surface area contributed by atoms with Gasteiger partial charge in [-0.2, -0.15) is 0 Å². The van der Waals surface area contributed by atoms with Crippen molar-refractivity contribution in [2.24, 2.45) is 0 Å². The first-order valence-electron chi connectivity index (χ1n) is 10.8. The summed E-state index contributed by atoms with van der Waals surface area (Å²) in [5.41, 5.74) is 2.63. The smallest absolute Gasteiger partial charge is 0.141 e. The van der Waals surface area contributed by atoms with Crippen molar-refractivity contribution in [3.8, 4) is 5.75 Å². The molecule has 0 aromatic heterocycles. The lowest BCUT2D eigenvalue weighted by Gasteiger charge is -2.50. The molecule has 0 bridgehead atoms. The van der Waals surface area contributed by atoms with Gasteiger partial charge in [0, 0.05) is 58.0 Å². The Morgan fingerprint density at radius 1 is 0.931 bits per heavy atom. The van der Waals surface area contributed by atoms with Crippen molar-refractivity contribution in [2.45, 2.75) is 24.9 Å². The lowest BCUT2D eigenvalue weighted by atomic mass is 9.87. The number of hydrogen-bond donors (Lipinski definition) is 1. The second-order valence-electron chi connectivity index (χ2n) is 8.14. The second-order valence-corrected chi connectivity index (χ2v) is 8.14. The van der Waals surface area contributed by atoms with Crippen LogP contribution in [0.1, 0.15) is 18.4 Å². The number of para-hydroxylation sites is 2. The third kappa shape index (κ3) is 4.92. The highest BCUT2D eigenvalue weighted by molar-refractivity contribution is 5.56. The van der Waals surface area contributed by atoms with Gasteiger partial charge in [0.25, 0.3) is 0 Å². The van der Waals surface area contributed by atoms with Gasteiger partial charge in [0.15, 0.2) is 0 Å². The van der Waals surface area contributed by atoms with Gasteiger partial charge in [-0.15, -0.1) is 0 Å². The summed E-state index contributed by atoms with van der Waals surface area (Å²) in [7, 11) is 1.73. The van der Waals surface area contributed by atoms with Gasteiger partial charge in [0.2, 0.25) is 0 Å². The van der Waals surface area contributed by atoms with Crippen LogP contribution in [-0.2, 0) is 11.3 Å². The van der Waals surface area contributed by atoms with Crippen LogP contribution in [0.5, 0.6) is 5.75 Å². The number of nitrogens with one attached hydrogen (secondary N) is 1. The third-order valence-electron chi connectivity index (χ3n) is 6.43. The van der Waals surface area contributed by atoms with E-state index in [1.165, 1.54) is 5.56 Å². The second kappa shape index (κ2) is 9.61. The Bertz CT molecular complexity index is 754. The van der Waals surface area contributed by atoms with Gasteiger partial charge in [-0.3, -0.25) is 9.80 Å². The number of anilines is 1. The summed E-state index contributed by atoms with van der Waals surface area (Å²) in [4.78, 5) is 5.28. The van der Waals surface area contributed by atoms with Crippen molar-refractivity contribution < 1.29 is 9.47 Å². The monoisotopic (exact) mass is 395 g/mol. The minimum absolute atomic E-state index is 0.151. The molecule has 156 valence electrons. The van der Waals surface area contributed by atoms with Crippen LogP contribution in [0, 0.1) is 0 Å². The molecule has 4 rings (SSSR count). The van der Waals surface area contributed by atoms with E-state index < -0.39 is 0 Å². The molecule has 2 heterocycles. The molecule has 0 aliphatic carbocycles. The number of ether oxygens (including phenoxy) is 2. The molecule has 5 heteroatoms. The van der Waals surface area contributed by atoms with Gasteiger partial charge >= 0.3 is 0 Å². The van der Waals surface area contributed by atoms with Crippen LogP contribution in [0.3, 0.4) is 0 Å². The van der Waals surface area contributed by atoms with E-state index in [-0.39, 0.29) is 5.54 Å². The van der Waals surface area contributed by atoms with Crippen LogP contribution >= 0.6 is 0 Å². The van der Waals surface area contributed by atoms with Crippen LogP contribution in [-0.4, -0.2) is 68.4 Å². The Balaban J connectivity index is 1.39. The number of nitrogens with zero attached hydrogens (tertiary/aromatic N) is 2. The molecule has 0 radical (unpaired) electrons. The minimum Gasteiger partial charge on any atom is -0.495 e. The van der Waals surface area contributed by atoms with E-state index in [2.05, 4.69) is 57.6 Å².